The Morgan fingerprint density at radius 2 is 1.17 bits per heavy atom. The molecule has 0 aliphatic heterocycles. The third-order valence-electron chi connectivity index (χ3n) is 2.11. The fourth-order valence-electron chi connectivity index (χ4n) is 0.897. The third kappa shape index (κ3) is 3.86. The van der Waals surface area contributed by atoms with Gasteiger partial charge < -0.3 is 10.5 Å². The van der Waals surface area contributed by atoms with Crippen molar-refractivity contribution in [3.05, 3.63) is 0 Å². The first-order chi connectivity index (χ1) is 4.96. The molecule has 2 N–H and O–H groups in total. The second-order valence-corrected chi connectivity index (χ2v) is 5.45. The minimum atomic E-state index is -0.319. The molecule has 0 heterocycles. The van der Waals surface area contributed by atoms with Crippen LogP contribution in [0.4, 0.5) is 0 Å². The minimum absolute atomic E-state index is 0.139. The molecular formula is C3H16B7NO. The molecular weight excluding hydrogens is 142 g/mol. The molecule has 0 amide bonds. The van der Waals surface area contributed by atoms with Crippen LogP contribution in [0.15, 0.2) is 0 Å². The lowest BCUT2D eigenvalue weighted by Crippen LogP contribution is -2.67. The van der Waals surface area contributed by atoms with E-state index in [1.54, 1.807) is 0 Å². The van der Waals surface area contributed by atoms with Gasteiger partial charge in [-0.3, -0.25) is 0 Å². The van der Waals surface area contributed by atoms with Gasteiger partial charge in [-0.25, -0.2) is 0 Å². The van der Waals surface area contributed by atoms with Crippen molar-refractivity contribution in [1.29, 1.82) is 0 Å². The quantitative estimate of drug-likeness (QED) is 0.414. The van der Waals surface area contributed by atoms with Gasteiger partial charge in [-0.05, 0) is 10.6 Å². The molecule has 9 heteroatoms. The average molecular weight is 158 g/mol. The summed E-state index contributed by atoms with van der Waals surface area (Å²) in [5, 5.41) is -0.758. The van der Waals surface area contributed by atoms with Crippen LogP contribution in [-0.2, 0) is 4.74 Å². The van der Waals surface area contributed by atoms with E-state index in [1.165, 1.54) is 0 Å². The van der Waals surface area contributed by atoms with Crippen LogP contribution in [0.1, 0.15) is 0 Å². The van der Waals surface area contributed by atoms with Gasteiger partial charge in [0.1, 0.15) is 54.9 Å². The molecule has 0 bridgehead atoms. The first-order valence-corrected chi connectivity index (χ1v) is 4.45. The summed E-state index contributed by atoms with van der Waals surface area (Å²) in [6.45, 7) is 0. The Morgan fingerprint density at radius 3 is 1.25 bits per heavy atom. The molecule has 2 nitrogen and oxygen atoms in total. The zero-order valence-corrected chi connectivity index (χ0v) is 9.49. The number of rotatable bonds is 3. The second-order valence-electron chi connectivity index (χ2n) is 5.45. The van der Waals surface area contributed by atoms with Crippen LogP contribution in [0, 0.1) is 0 Å². The van der Waals surface area contributed by atoms with E-state index < -0.39 is 0 Å². The summed E-state index contributed by atoms with van der Waals surface area (Å²) in [5.74, 6) is 0. The molecule has 0 aliphatic carbocycles. The van der Waals surface area contributed by atoms with Gasteiger partial charge in [-0.1, -0.05) is 0 Å². The molecule has 0 aliphatic rings. The van der Waals surface area contributed by atoms with E-state index in [4.69, 9.17) is 10.5 Å². The summed E-state index contributed by atoms with van der Waals surface area (Å²) in [4.78, 5) is 0. The molecule has 0 fully saturated rings. The highest BCUT2D eigenvalue weighted by atomic mass is 16.5. The topological polar surface area (TPSA) is 35.2 Å². The molecule has 12 heavy (non-hydrogen) atoms. The van der Waals surface area contributed by atoms with Gasteiger partial charge >= 0.3 is 0 Å². The Labute approximate surface area is 82.0 Å². The predicted molar refractivity (Wildman–Crippen MR) is 73.3 cm³/mol. The minimum Gasteiger partial charge on any atom is -0.412 e. The predicted octanol–water partition coefficient (Wildman–Crippen LogP) is -7.69. The summed E-state index contributed by atoms with van der Waals surface area (Å²) < 4.78 is 5.86. The molecule has 0 spiro atoms. The molecule has 0 saturated carbocycles. The second kappa shape index (κ2) is 3.26. The Morgan fingerprint density at radius 1 is 0.833 bits per heavy atom. The summed E-state index contributed by atoms with van der Waals surface area (Å²) in [6.07, 6.45) is 0. The highest BCUT2D eigenvalue weighted by Gasteiger charge is 2.36. The Balaban J connectivity index is 4.44. The number of ether oxygens (including phenoxy) is 1. The summed E-state index contributed by atoms with van der Waals surface area (Å²) >= 11 is 0. The van der Waals surface area contributed by atoms with Crippen molar-refractivity contribution in [3.8, 4) is 0 Å². The van der Waals surface area contributed by atoms with Crippen molar-refractivity contribution in [2.45, 2.75) is 16.0 Å². The van der Waals surface area contributed by atoms with Gasteiger partial charge in [0.2, 0.25) is 0 Å². The van der Waals surface area contributed by atoms with Crippen molar-refractivity contribution in [2.75, 3.05) is 0 Å². The van der Waals surface area contributed by atoms with Crippen LogP contribution in [0.25, 0.3) is 0 Å². The van der Waals surface area contributed by atoms with Crippen molar-refractivity contribution < 1.29 is 4.74 Å². The molecule has 0 unspecified atom stereocenters. The molecule has 0 saturated heterocycles. The van der Waals surface area contributed by atoms with Crippen LogP contribution in [0.3, 0.4) is 0 Å². The third-order valence-corrected chi connectivity index (χ3v) is 2.11. The van der Waals surface area contributed by atoms with E-state index in [9.17, 15) is 0 Å². The zero-order valence-electron chi connectivity index (χ0n) is 9.49. The van der Waals surface area contributed by atoms with Gasteiger partial charge in [0.05, 0.1) is 0 Å². The van der Waals surface area contributed by atoms with Crippen LogP contribution in [0.5, 0.6) is 0 Å². The standard InChI is InChI=1S/C3H16B7NO/c4-1(5,11)2(6,7)12-3(8,9)10/h4-11H2. The summed E-state index contributed by atoms with van der Waals surface area (Å²) in [6, 6.07) is 0. The SMILES string of the molecule is BC(B)(B)OC(B)(B)C(B)(B)N. The molecule has 0 radical (unpaired) electrons. The first-order valence-electron chi connectivity index (χ1n) is 4.45. The average Bonchev–Trinajstić information content (AvgIpc) is 1.52. The van der Waals surface area contributed by atoms with Gasteiger partial charge in [0.15, 0.2) is 0 Å². The van der Waals surface area contributed by atoms with E-state index in [0.717, 1.165) is 0 Å². The lowest BCUT2D eigenvalue weighted by molar-refractivity contribution is 0.0597. The Hall–Kier alpha value is 0.375. The van der Waals surface area contributed by atoms with Crippen molar-refractivity contribution in [1.82, 2.24) is 0 Å². The van der Waals surface area contributed by atoms with Gasteiger partial charge in [0.25, 0.3) is 0 Å². The number of hydrogen-bond donors (Lipinski definition) is 1. The smallest absolute Gasteiger partial charge is 0.132 e. The van der Waals surface area contributed by atoms with Crippen molar-refractivity contribution >= 4 is 54.9 Å². The highest BCUT2D eigenvalue weighted by molar-refractivity contribution is 6.59. The highest BCUT2D eigenvalue weighted by Crippen LogP contribution is 2.15. The van der Waals surface area contributed by atoms with Crippen molar-refractivity contribution in [2.24, 2.45) is 5.73 Å². The maximum absolute atomic E-state index is 6.00. The van der Waals surface area contributed by atoms with E-state index in [2.05, 4.69) is 0 Å². The van der Waals surface area contributed by atoms with Gasteiger partial charge in [-0.2, -0.15) is 0 Å². The largest absolute Gasteiger partial charge is 0.412 e. The molecule has 60 valence electrons. The normalized spacial score (nSPS) is 14.4. The number of hydrogen-bond acceptors (Lipinski definition) is 2. The lowest BCUT2D eigenvalue weighted by Gasteiger charge is -2.44. The first kappa shape index (κ1) is 12.4. The molecule has 0 aromatic heterocycles. The molecule has 0 rings (SSSR count). The van der Waals surface area contributed by atoms with Crippen LogP contribution >= 0.6 is 0 Å². The summed E-state index contributed by atoms with van der Waals surface area (Å²) in [7, 11) is 14.1. The monoisotopic (exact) mass is 159 g/mol. The van der Waals surface area contributed by atoms with Crippen LogP contribution in [0.2, 0.25) is 0 Å². The van der Waals surface area contributed by atoms with Crippen LogP contribution in [-0.4, -0.2) is 71.0 Å². The fourth-order valence-corrected chi connectivity index (χ4v) is 0.897. The Kier molecular flexibility index (Phi) is 3.36. The van der Waals surface area contributed by atoms with E-state index >= 15 is 0 Å². The van der Waals surface area contributed by atoms with Crippen molar-refractivity contribution in [3.63, 3.8) is 0 Å². The maximum Gasteiger partial charge on any atom is 0.132 e. The van der Waals surface area contributed by atoms with E-state index in [0.29, 0.717) is 0 Å². The van der Waals surface area contributed by atoms with Crippen LogP contribution < -0.4 is 5.73 Å². The maximum atomic E-state index is 6.00. The number of nitrogens with two attached hydrogens (primary N) is 1. The molecule has 0 aromatic rings. The molecule has 0 atom stereocenters. The van der Waals surface area contributed by atoms with Gasteiger partial charge in [0, 0.05) is 5.40 Å². The van der Waals surface area contributed by atoms with E-state index in [1.807, 2.05) is 54.9 Å². The fraction of sp³-hybridized carbons (Fsp3) is 1.00. The van der Waals surface area contributed by atoms with Gasteiger partial charge in [-0.15, -0.1) is 0 Å². The van der Waals surface area contributed by atoms with E-state index in [-0.39, 0.29) is 16.0 Å². The Bertz CT molecular complexity index is 157. The molecule has 0 aromatic carbocycles. The zero-order chi connectivity index (χ0) is 10.2. The summed E-state index contributed by atoms with van der Waals surface area (Å²) in [5.41, 5.74) is 6.00. The lowest BCUT2D eigenvalue weighted by atomic mass is 9.39.